The molecule has 0 aliphatic heterocycles. The van der Waals surface area contributed by atoms with E-state index in [-0.39, 0.29) is 18.4 Å². The highest BCUT2D eigenvalue weighted by Gasteiger charge is 2.09. The minimum Gasteiger partial charge on any atom is -0.376 e. The lowest BCUT2D eigenvalue weighted by Crippen LogP contribution is -2.22. The van der Waals surface area contributed by atoms with E-state index in [0.29, 0.717) is 10.7 Å². The summed E-state index contributed by atoms with van der Waals surface area (Å²) in [5.74, 6) is -0.341. The molecule has 0 heterocycles. The van der Waals surface area contributed by atoms with E-state index in [1.807, 2.05) is 38.1 Å². The van der Waals surface area contributed by atoms with Gasteiger partial charge >= 0.3 is 0 Å². The Balaban J connectivity index is 2.00. The first-order chi connectivity index (χ1) is 11.4. The fourth-order valence-electron chi connectivity index (χ4n) is 2.24. The number of benzene rings is 2. The Labute approximate surface area is 146 Å². The van der Waals surface area contributed by atoms with Gasteiger partial charge in [0.2, 0.25) is 11.8 Å². The Bertz CT molecular complexity index is 775. The molecule has 0 aliphatic carbocycles. The second kappa shape index (κ2) is 7.84. The molecule has 0 saturated heterocycles. The average molecular weight is 346 g/mol. The lowest BCUT2D eigenvalue weighted by Gasteiger charge is -2.14. The van der Waals surface area contributed by atoms with E-state index in [1.165, 1.54) is 6.92 Å². The molecular weight excluding hydrogens is 326 g/mol. The zero-order valence-electron chi connectivity index (χ0n) is 13.9. The van der Waals surface area contributed by atoms with Gasteiger partial charge in [0, 0.05) is 18.3 Å². The van der Waals surface area contributed by atoms with Crippen molar-refractivity contribution in [2.24, 2.45) is 0 Å². The van der Waals surface area contributed by atoms with Crippen molar-refractivity contribution in [2.75, 3.05) is 22.5 Å². The van der Waals surface area contributed by atoms with Gasteiger partial charge in [0.05, 0.1) is 17.3 Å². The summed E-state index contributed by atoms with van der Waals surface area (Å²) in [5, 5.41) is 9.11. The van der Waals surface area contributed by atoms with Gasteiger partial charge in [-0.05, 0) is 49.2 Å². The fraction of sp³-hybridized carbons (Fsp3) is 0.222. The monoisotopic (exact) mass is 345 g/mol. The number of nitrogens with one attached hydrogen (secondary N) is 3. The van der Waals surface area contributed by atoms with Gasteiger partial charge in [-0.15, -0.1) is 0 Å². The molecule has 24 heavy (non-hydrogen) atoms. The van der Waals surface area contributed by atoms with E-state index in [2.05, 4.69) is 16.0 Å². The van der Waals surface area contributed by atoms with Crippen molar-refractivity contribution in [2.45, 2.75) is 20.8 Å². The Hall–Kier alpha value is -2.53. The summed E-state index contributed by atoms with van der Waals surface area (Å²) < 4.78 is 0. The third-order valence-electron chi connectivity index (χ3n) is 3.48. The Kier molecular flexibility index (Phi) is 5.82. The first kappa shape index (κ1) is 17.8. The molecule has 0 atom stereocenters. The predicted octanol–water partition coefficient (Wildman–Crippen LogP) is 3.97. The first-order valence-electron chi connectivity index (χ1n) is 7.54. The molecule has 0 bridgehead atoms. The van der Waals surface area contributed by atoms with Crippen molar-refractivity contribution >= 4 is 40.5 Å². The van der Waals surface area contributed by atoms with Crippen molar-refractivity contribution in [1.29, 1.82) is 0 Å². The van der Waals surface area contributed by atoms with Crippen molar-refractivity contribution in [1.82, 2.24) is 0 Å². The molecule has 0 unspecified atom stereocenters. The second-order valence-corrected chi connectivity index (χ2v) is 5.95. The van der Waals surface area contributed by atoms with Crippen LogP contribution in [0, 0.1) is 13.8 Å². The third kappa shape index (κ3) is 4.73. The zero-order chi connectivity index (χ0) is 17.7. The number of carbonyl (C=O) groups excluding carboxylic acids is 2. The summed E-state index contributed by atoms with van der Waals surface area (Å²) in [5.41, 5.74) is 3.98. The Morgan fingerprint density at radius 2 is 1.71 bits per heavy atom. The number of anilines is 3. The number of hydrogen-bond donors (Lipinski definition) is 3. The van der Waals surface area contributed by atoms with Gasteiger partial charge in [-0.25, -0.2) is 0 Å². The van der Waals surface area contributed by atoms with Crippen LogP contribution in [-0.2, 0) is 9.59 Å². The molecule has 5 nitrogen and oxygen atoms in total. The number of carbonyl (C=O) groups is 2. The van der Waals surface area contributed by atoms with Gasteiger partial charge < -0.3 is 16.0 Å². The molecular formula is C18H20ClN3O2. The Morgan fingerprint density at radius 1 is 1.00 bits per heavy atom. The zero-order valence-corrected chi connectivity index (χ0v) is 14.6. The standard InChI is InChI=1S/C18H20ClN3O2/c1-11-7-8-17(14(19)9-11)22-18(24)10-20-15-5-4-6-16(12(15)2)21-13(3)23/h4-9,20H,10H2,1-3H3,(H,21,23)(H,22,24). The molecule has 0 fully saturated rings. The highest BCUT2D eigenvalue weighted by molar-refractivity contribution is 6.33. The molecule has 3 N–H and O–H groups in total. The van der Waals surface area contributed by atoms with Crippen LogP contribution in [-0.4, -0.2) is 18.4 Å². The van der Waals surface area contributed by atoms with Crippen molar-refractivity contribution in [3.8, 4) is 0 Å². The summed E-state index contributed by atoms with van der Waals surface area (Å²) in [4.78, 5) is 23.3. The summed E-state index contributed by atoms with van der Waals surface area (Å²) >= 11 is 6.11. The highest BCUT2D eigenvalue weighted by atomic mass is 35.5. The summed E-state index contributed by atoms with van der Waals surface area (Å²) in [6.07, 6.45) is 0. The van der Waals surface area contributed by atoms with E-state index in [9.17, 15) is 9.59 Å². The van der Waals surface area contributed by atoms with Crippen molar-refractivity contribution in [3.63, 3.8) is 0 Å². The lowest BCUT2D eigenvalue weighted by molar-refractivity contribution is -0.115. The van der Waals surface area contributed by atoms with Crippen LogP contribution in [0.25, 0.3) is 0 Å². The maximum Gasteiger partial charge on any atom is 0.243 e. The molecule has 0 spiro atoms. The van der Waals surface area contributed by atoms with Gasteiger partial charge in [-0.2, -0.15) is 0 Å². The van der Waals surface area contributed by atoms with Gasteiger partial charge in [0.15, 0.2) is 0 Å². The molecule has 2 aromatic rings. The predicted molar refractivity (Wildman–Crippen MR) is 98.8 cm³/mol. The molecule has 0 aliphatic rings. The van der Waals surface area contributed by atoms with Gasteiger partial charge in [-0.1, -0.05) is 23.7 Å². The van der Waals surface area contributed by atoms with Crippen LogP contribution in [0.1, 0.15) is 18.1 Å². The number of rotatable bonds is 5. The van der Waals surface area contributed by atoms with Crippen LogP contribution in [0.2, 0.25) is 5.02 Å². The van der Waals surface area contributed by atoms with Gasteiger partial charge in [0.25, 0.3) is 0 Å². The molecule has 0 radical (unpaired) electrons. The van der Waals surface area contributed by atoms with E-state index in [4.69, 9.17) is 11.6 Å². The van der Waals surface area contributed by atoms with Crippen LogP contribution < -0.4 is 16.0 Å². The van der Waals surface area contributed by atoms with Gasteiger partial charge in [-0.3, -0.25) is 9.59 Å². The van der Waals surface area contributed by atoms with Crippen LogP contribution in [0.15, 0.2) is 36.4 Å². The van der Waals surface area contributed by atoms with Crippen LogP contribution >= 0.6 is 11.6 Å². The fourth-order valence-corrected chi connectivity index (χ4v) is 2.53. The van der Waals surface area contributed by atoms with E-state index >= 15 is 0 Å². The second-order valence-electron chi connectivity index (χ2n) is 5.54. The summed E-state index contributed by atoms with van der Waals surface area (Å²) in [6, 6.07) is 10.9. The molecule has 0 saturated carbocycles. The topological polar surface area (TPSA) is 70.2 Å². The maximum absolute atomic E-state index is 12.1. The quantitative estimate of drug-likeness (QED) is 0.768. The van der Waals surface area contributed by atoms with Gasteiger partial charge in [0.1, 0.15) is 0 Å². The summed E-state index contributed by atoms with van der Waals surface area (Å²) in [6.45, 7) is 5.36. The largest absolute Gasteiger partial charge is 0.376 e. The van der Waals surface area contributed by atoms with E-state index in [0.717, 1.165) is 22.5 Å². The average Bonchev–Trinajstić information content (AvgIpc) is 2.50. The maximum atomic E-state index is 12.1. The lowest BCUT2D eigenvalue weighted by atomic mass is 10.1. The minimum atomic E-state index is -0.204. The van der Waals surface area contributed by atoms with E-state index < -0.39 is 0 Å². The highest BCUT2D eigenvalue weighted by Crippen LogP contribution is 2.24. The van der Waals surface area contributed by atoms with E-state index in [1.54, 1.807) is 12.1 Å². The molecule has 0 aromatic heterocycles. The third-order valence-corrected chi connectivity index (χ3v) is 3.80. The SMILES string of the molecule is CC(=O)Nc1cccc(NCC(=O)Nc2ccc(C)cc2Cl)c1C. The molecule has 6 heteroatoms. The van der Waals surface area contributed by atoms with Crippen molar-refractivity contribution < 1.29 is 9.59 Å². The van der Waals surface area contributed by atoms with Crippen LogP contribution in [0.4, 0.5) is 17.1 Å². The normalized spacial score (nSPS) is 10.2. The summed E-state index contributed by atoms with van der Waals surface area (Å²) in [7, 11) is 0. The number of hydrogen-bond acceptors (Lipinski definition) is 3. The molecule has 126 valence electrons. The van der Waals surface area contributed by atoms with Crippen LogP contribution in [0.3, 0.4) is 0 Å². The smallest absolute Gasteiger partial charge is 0.243 e. The Morgan fingerprint density at radius 3 is 2.38 bits per heavy atom. The number of halogens is 1. The van der Waals surface area contributed by atoms with Crippen molar-refractivity contribution in [3.05, 3.63) is 52.5 Å². The first-order valence-corrected chi connectivity index (χ1v) is 7.91. The minimum absolute atomic E-state index is 0.0918. The molecule has 2 amide bonds. The molecule has 2 rings (SSSR count). The number of aryl methyl sites for hydroxylation is 1. The molecule has 2 aromatic carbocycles. The number of amides is 2. The van der Waals surface area contributed by atoms with Crippen LogP contribution in [0.5, 0.6) is 0 Å².